The Labute approximate surface area is 202 Å². The summed E-state index contributed by atoms with van der Waals surface area (Å²) in [4.78, 5) is 26.9. The number of fused-ring (bicyclic) bond motifs is 2. The number of rotatable bonds is 5. The quantitative estimate of drug-likeness (QED) is 0.557. The van der Waals surface area contributed by atoms with Crippen molar-refractivity contribution in [1.82, 2.24) is 30.0 Å². The molecule has 5 heterocycles. The topological polar surface area (TPSA) is 101 Å². The highest BCUT2D eigenvalue weighted by Gasteiger charge is 2.40. The second-order valence-corrected chi connectivity index (χ2v) is 9.37. The number of hydrogen-bond donors (Lipinski definition) is 1. The standard InChI is InChI=1S/C21H23F3N8O2S/c1-3-4-13-9-14-16(30-7-8-32-15(11-30)28-29-18(32)21(22,23)24)26-19(27-17(14)35-13)31-6-5-12(10-31)25-20(33)34-2/h9-10H,3-8,11H2,1-2H3,(H,25,33). The number of anilines is 2. The van der Waals surface area contributed by atoms with Gasteiger partial charge >= 0.3 is 12.3 Å². The summed E-state index contributed by atoms with van der Waals surface area (Å²) in [5.74, 6) is 0.372. The van der Waals surface area contributed by atoms with E-state index in [-0.39, 0.29) is 18.9 Å². The van der Waals surface area contributed by atoms with Crippen LogP contribution in [-0.4, -0.2) is 51.0 Å². The van der Waals surface area contributed by atoms with Crippen molar-refractivity contribution in [3.8, 4) is 0 Å². The summed E-state index contributed by atoms with van der Waals surface area (Å²) >= 11 is 1.58. The van der Waals surface area contributed by atoms with E-state index in [0.717, 1.165) is 27.6 Å². The van der Waals surface area contributed by atoms with Crippen LogP contribution >= 0.6 is 11.3 Å². The minimum absolute atomic E-state index is 0.0980. The normalized spacial score (nSPS) is 16.0. The van der Waals surface area contributed by atoms with Crippen molar-refractivity contribution in [3.05, 3.63) is 34.5 Å². The molecule has 1 amide bonds. The van der Waals surface area contributed by atoms with Crippen LogP contribution in [-0.2, 0) is 30.4 Å². The average Bonchev–Trinajstić information content (AvgIpc) is 3.55. The molecule has 3 aromatic rings. The molecule has 0 spiro atoms. The van der Waals surface area contributed by atoms with Gasteiger partial charge in [-0.25, -0.2) is 9.78 Å². The Hall–Kier alpha value is -3.42. The zero-order valence-corrected chi connectivity index (χ0v) is 19.9. The Balaban J connectivity index is 1.51. The molecule has 35 heavy (non-hydrogen) atoms. The lowest BCUT2D eigenvalue weighted by Gasteiger charge is -2.30. The van der Waals surface area contributed by atoms with E-state index < -0.39 is 18.1 Å². The van der Waals surface area contributed by atoms with Gasteiger partial charge < -0.3 is 19.1 Å². The van der Waals surface area contributed by atoms with Crippen LogP contribution in [0.1, 0.15) is 36.3 Å². The Morgan fingerprint density at radius 1 is 1.23 bits per heavy atom. The lowest BCUT2D eigenvalue weighted by atomic mass is 10.2. The number of nitrogens with one attached hydrogen (secondary N) is 1. The summed E-state index contributed by atoms with van der Waals surface area (Å²) in [6, 6.07) is 2.06. The first-order chi connectivity index (χ1) is 16.8. The third-order valence-corrected chi connectivity index (χ3v) is 6.94. The minimum Gasteiger partial charge on any atom is -0.453 e. The van der Waals surface area contributed by atoms with Gasteiger partial charge in [-0.3, -0.25) is 5.32 Å². The van der Waals surface area contributed by atoms with Crippen molar-refractivity contribution in [2.45, 2.75) is 45.5 Å². The Bertz CT molecular complexity index is 1300. The predicted octanol–water partition coefficient (Wildman–Crippen LogP) is 3.68. The number of ether oxygens (including phenoxy) is 1. The van der Waals surface area contributed by atoms with Gasteiger partial charge in [-0.15, -0.1) is 21.5 Å². The second-order valence-electron chi connectivity index (χ2n) is 8.25. The fraction of sp³-hybridized carbons (Fsp3) is 0.476. The molecule has 0 radical (unpaired) electrons. The summed E-state index contributed by atoms with van der Waals surface area (Å²) in [7, 11) is 1.30. The minimum atomic E-state index is -4.55. The first kappa shape index (κ1) is 23.3. The van der Waals surface area contributed by atoms with Gasteiger partial charge in [-0.05, 0) is 12.5 Å². The first-order valence-electron chi connectivity index (χ1n) is 11.1. The highest BCUT2D eigenvalue weighted by atomic mass is 32.1. The lowest BCUT2D eigenvalue weighted by Crippen LogP contribution is -2.36. The van der Waals surface area contributed by atoms with Crippen LogP contribution in [0.2, 0.25) is 0 Å². The Morgan fingerprint density at radius 2 is 2.06 bits per heavy atom. The van der Waals surface area contributed by atoms with Crippen LogP contribution < -0.4 is 15.1 Å². The molecule has 0 bridgehead atoms. The van der Waals surface area contributed by atoms with Gasteiger partial charge in [0.25, 0.3) is 0 Å². The Kier molecular flexibility index (Phi) is 5.99. The molecule has 0 fully saturated rings. The molecule has 3 aromatic heterocycles. The number of hydrogen-bond acceptors (Lipinski definition) is 9. The lowest BCUT2D eigenvalue weighted by molar-refractivity contribution is -0.147. The van der Waals surface area contributed by atoms with Crippen LogP contribution in [0, 0.1) is 0 Å². The van der Waals surface area contributed by atoms with Gasteiger partial charge in [0.2, 0.25) is 11.8 Å². The van der Waals surface area contributed by atoms with Gasteiger partial charge in [0.1, 0.15) is 10.6 Å². The molecule has 0 atom stereocenters. The van der Waals surface area contributed by atoms with E-state index in [1.165, 1.54) is 12.0 Å². The summed E-state index contributed by atoms with van der Waals surface area (Å²) < 4.78 is 45.6. The number of amides is 1. The summed E-state index contributed by atoms with van der Waals surface area (Å²) in [5, 5.41) is 10.7. The number of nitrogens with zero attached hydrogens (tertiary/aromatic N) is 7. The average molecular weight is 509 g/mol. The molecule has 0 unspecified atom stereocenters. The highest BCUT2D eigenvalue weighted by molar-refractivity contribution is 7.18. The highest BCUT2D eigenvalue weighted by Crippen LogP contribution is 2.36. The molecule has 0 saturated heterocycles. The largest absolute Gasteiger partial charge is 0.453 e. The summed E-state index contributed by atoms with van der Waals surface area (Å²) in [6.45, 7) is 3.24. The maximum atomic E-state index is 13.3. The number of aryl methyl sites for hydroxylation is 1. The van der Waals surface area contributed by atoms with Crippen LogP contribution in [0.5, 0.6) is 0 Å². The van der Waals surface area contributed by atoms with Crippen LogP contribution in [0.3, 0.4) is 0 Å². The number of halogens is 3. The number of carbonyl (C=O) groups excluding carboxylic acids is 1. The molecule has 2 aliphatic rings. The number of methoxy groups -OCH3 is 1. The predicted molar refractivity (Wildman–Crippen MR) is 123 cm³/mol. The summed E-state index contributed by atoms with van der Waals surface area (Å²) in [5.41, 5.74) is 0.686. The van der Waals surface area contributed by atoms with Crippen molar-refractivity contribution < 1.29 is 22.7 Å². The van der Waals surface area contributed by atoms with E-state index in [2.05, 4.69) is 33.2 Å². The van der Waals surface area contributed by atoms with Crippen molar-refractivity contribution >= 4 is 39.4 Å². The van der Waals surface area contributed by atoms with Crippen molar-refractivity contribution in [2.75, 3.05) is 30.0 Å². The van der Waals surface area contributed by atoms with Crippen molar-refractivity contribution in [2.24, 2.45) is 0 Å². The SMILES string of the molecule is CCCc1cc2c(N3CCn4c(nnc4C(F)(F)F)C3)nc(N3C=C(NC(=O)OC)CC3)nc2s1. The molecule has 1 N–H and O–H groups in total. The van der Waals surface area contributed by atoms with E-state index in [1.807, 2.05) is 9.80 Å². The first-order valence-corrected chi connectivity index (χ1v) is 12.0. The smallest absolute Gasteiger partial charge is 0.451 e. The molecule has 10 nitrogen and oxygen atoms in total. The zero-order valence-electron chi connectivity index (χ0n) is 19.1. The monoisotopic (exact) mass is 508 g/mol. The van der Waals surface area contributed by atoms with Gasteiger partial charge in [0.15, 0.2) is 5.82 Å². The second kappa shape index (κ2) is 8.98. The number of alkyl halides is 3. The van der Waals surface area contributed by atoms with E-state index in [1.54, 1.807) is 17.5 Å². The molecule has 2 aliphatic heterocycles. The number of alkyl carbamates (subject to hydrolysis) is 1. The maximum Gasteiger partial charge on any atom is 0.451 e. The molecule has 186 valence electrons. The van der Waals surface area contributed by atoms with E-state index in [9.17, 15) is 18.0 Å². The van der Waals surface area contributed by atoms with Gasteiger partial charge in [-0.1, -0.05) is 13.3 Å². The van der Waals surface area contributed by atoms with Crippen molar-refractivity contribution in [1.29, 1.82) is 0 Å². The van der Waals surface area contributed by atoms with E-state index >= 15 is 0 Å². The van der Waals surface area contributed by atoms with Gasteiger partial charge in [0, 0.05) is 42.8 Å². The third kappa shape index (κ3) is 4.49. The molecular weight excluding hydrogens is 485 g/mol. The van der Waals surface area contributed by atoms with Gasteiger partial charge in [0.05, 0.1) is 19.0 Å². The molecule has 14 heteroatoms. The van der Waals surface area contributed by atoms with Crippen LogP contribution in [0.4, 0.5) is 29.7 Å². The number of aromatic nitrogens is 5. The van der Waals surface area contributed by atoms with Crippen LogP contribution in [0.25, 0.3) is 10.2 Å². The Morgan fingerprint density at radius 3 is 2.80 bits per heavy atom. The maximum absolute atomic E-state index is 13.3. The molecule has 5 rings (SSSR count). The van der Waals surface area contributed by atoms with E-state index in [0.29, 0.717) is 37.0 Å². The molecule has 0 saturated carbocycles. The van der Waals surface area contributed by atoms with E-state index in [4.69, 9.17) is 9.97 Å². The summed E-state index contributed by atoms with van der Waals surface area (Å²) in [6.07, 6.45) is -0.866. The van der Waals surface area contributed by atoms with Crippen LogP contribution in [0.15, 0.2) is 18.0 Å². The zero-order chi connectivity index (χ0) is 24.7. The third-order valence-electron chi connectivity index (χ3n) is 5.85. The van der Waals surface area contributed by atoms with Crippen molar-refractivity contribution in [3.63, 3.8) is 0 Å². The molecule has 0 aliphatic carbocycles. The fourth-order valence-electron chi connectivity index (χ4n) is 4.23. The number of carbonyl (C=O) groups is 1. The molecule has 0 aromatic carbocycles. The number of thiophene rings is 1. The van der Waals surface area contributed by atoms with Gasteiger partial charge in [-0.2, -0.15) is 18.2 Å². The fourth-order valence-corrected chi connectivity index (χ4v) is 5.34. The molecular formula is C21H23F3N8O2S.